The first-order valence-corrected chi connectivity index (χ1v) is 4.05. The molecule has 5 nitrogen and oxygen atoms in total. The molecule has 1 heterocycles. The van der Waals surface area contributed by atoms with Gasteiger partial charge in [-0.15, -0.1) is 0 Å². The third-order valence-electron chi connectivity index (χ3n) is 1.59. The van der Waals surface area contributed by atoms with Gasteiger partial charge < -0.3 is 20.3 Å². The Morgan fingerprint density at radius 1 is 1.75 bits per heavy atom. The fourth-order valence-corrected chi connectivity index (χ4v) is 1.33. The molecule has 1 aliphatic rings. The Labute approximate surface area is 75.2 Å². The molecule has 1 saturated heterocycles. The third kappa shape index (κ3) is 2.54. The van der Waals surface area contributed by atoms with Crippen LogP contribution in [-0.2, 0) is 9.47 Å². The zero-order chi connectivity index (χ0) is 9.14. The maximum absolute atomic E-state index is 10.3. The summed E-state index contributed by atoms with van der Waals surface area (Å²) in [5.41, 5.74) is 4.81. The predicted octanol–water partition coefficient (Wildman–Crippen LogP) is -0.513. The first-order chi connectivity index (χ1) is 5.59. The monoisotopic (exact) mass is 193 g/mol. The number of aliphatic hydroxyl groups is 1. The van der Waals surface area contributed by atoms with Crippen LogP contribution in [0.3, 0.4) is 0 Å². The number of nitrogens with two attached hydrogens (primary N) is 1. The van der Waals surface area contributed by atoms with Crippen LogP contribution in [0, 0.1) is 0 Å². The number of ether oxygens (including phenoxy) is 2. The summed E-state index contributed by atoms with van der Waals surface area (Å²) in [5, 5.41) is 8.77. The van der Waals surface area contributed by atoms with Gasteiger partial charge in [0.1, 0.15) is 6.10 Å². The van der Waals surface area contributed by atoms with Gasteiger partial charge in [-0.3, -0.25) is 0 Å². The van der Waals surface area contributed by atoms with Gasteiger partial charge >= 0.3 is 6.09 Å². The molecular weight excluding hydrogens is 182 g/mol. The number of carbonyl (C=O) groups excluding carboxylic acids is 1. The summed E-state index contributed by atoms with van der Waals surface area (Å²) >= 11 is 4.12. The van der Waals surface area contributed by atoms with Crippen molar-refractivity contribution in [2.24, 2.45) is 5.73 Å². The van der Waals surface area contributed by atoms with E-state index in [-0.39, 0.29) is 11.9 Å². The molecule has 0 aromatic heterocycles. The molecule has 0 aromatic rings. The summed E-state index contributed by atoms with van der Waals surface area (Å²) in [7, 11) is 0. The quantitative estimate of drug-likeness (QED) is 0.490. The molecule has 1 amide bonds. The summed E-state index contributed by atoms with van der Waals surface area (Å²) in [4.78, 5) is 10.3. The summed E-state index contributed by atoms with van der Waals surface area (Å²) in [6.07, 6.45) is -1.80. The molecule has 3 atom stereocenters. The second-order valence-corrected chi connectivity index (χ2v) is 3.23. The molecule has 0 radical (unpaired) electrons. The molecule has 70 valence electrons. The number of amides is 1. The molecule has 1 fully saturated rings. The molecule has 12 heavy (non-hydrogen) atoms. The van der Waals surface area contributed by atoms with E-state index in [2.05, 4.69) is 17.4 Å². The van der Waals surface area contributed by atoms with E-state index < -0.39 is 18.5 Å². The van der Waals surface area contributed by atoms with Gasteiger partial charge in [0.05, 0.1) is 6.61 Å². The average molecular weight is 193 g/mol. The number of thiol groups is 1. The minimum absolute atomic E-state index is 0.137. The van der Waals surface area contributed by atoms with Crippen LogP contribution in [0.5, 0.6) is 0 Å². The smallest absolute Gasteiger partial charge is 0.404 e. The van der Waals surface area contributed by atoms with E-state index in [0.717, 1.165) is 0 Å². The second-order valence-electron chi connectivity index (χ2n) is 2.57. The minimum Gasteiger partial charge on any atom is -0.443 e. The maximum Gasteiger partial charge on any atom is 0.404 e. The Hall–Kier alpha value is -0.460. The lowest BCUT2D eigenvalue weighted by Gasteiger charge is -2.30. The summed E-state index contributed by atoms with van der Waals surface area (Å²) in [5.74, 6) is 0. The fraction of sp³-hybridized carbons (Fsp3) is 0.833. The minimum atomic E-state index is -0.848. The van der Waals surface area contributed by atoms with Gasteiger partial charge in [0.2, 0.25) is 0 Å². The molecule has 1 aliphatic heterocycles. The normalized spacial score (nSPS) is 36.0. The molecule has 0 bridgehead atoms. The van der Waals surface area contributed by atoms with Gasteiger partial charge in [0.25, 0.3) is 0 Å². The Kier molecular flexibility index (Phi) is 3.19. The van der Waals surface area contributed by atoms with Crippen molar-refractivity contribution in [1.29, 1.82) is 0 Å². The predicted molar refractivity (Wildman–Crippen MR) is 43.8 cm³/mol. The highest BCUT2D eigenvalue weighted by Crippen LogP contribution is 2.19. The van der Waals surface area contributed by atoms with Crippen molar-refractivity contribution in [2.75, 3.05) is 6.61 Å². The zero-order valence-electron chi connectivity index (χ0n) is 6.34. The van der Waals surface area contributed by atoms with Crippen LogP contribution in [0.4, 0.5) is 4.79 Å². The Morgan fingerprint density at radius 2 is 2.42 bits per heavy atom. The number of hydrogen-bond donors (Lipinski definition) is 3. The van der Waals surface area contributed by atoms with E-state index >= 15 is 0 Å². The Bertz CT molecular complexity index is 177. The van der Waals surface area contributed by atoms with E-state index in [9.17, 15) is 4.79 Å². The van der Waals surface area contributed by atoms with Crippen LogP contribution in [0.25, 0.3) is 0 Å². The second kappa shape index (κ2) is 3.97. The SMILES string of the molecule is NC(=O)O[C@@H]1CO[C@@H](O)C[C@@H]1S. The van der Waals surface area contributed by atoms with Gasteiger partial charge in [0, 0.05) is 11.7 Å². The third-order valence-corrected chi connectivity index (χ3v) is 2.14. The first kappa shape index (κ1) is 9.63. The van der Waals surface area contributed by atoms with Crippen LogP contribution in [0.2, 0.25) is 0 Å². The van der Waals surface area contributed by atoms with Crippen molar-refractivity contribution in [3.05, 3.63) is 0 Å². The van der Waals surface area contributed by atoms with Crippen molar-refractivity contribution in [3.8, 4) is 0 Å². The number of rotatable bonds is 1. The van der Waals surface area contributed by atoms with Gasteiger partial charge in [0.15, 0.2) is 6.29 Å². The summed E-state index contributed by atoms with van der Waals surface area (Å²) in [6.45, 7) is 0.137. The van der Waals surface area contributed by atoms with Crippen molar-refractivity contribution in [2.45, 2.75) is 24.1 Å². The van der Waals surface area contributed by atoms with Gasteiger partial charge in [-0.1, -0.05) is 0 Å². The number of hydrogen-bond acceptors (Lipinski definition) is 5. The van der Waals surface area contributed by atoms with E-state index in [4.69, 9.17) is 15.6 Å². The average Bonchev–Trinajstić information content (AvgIpc) is 1.94. The van der Waals surface area contributed by atoms with E-state index in [1.807, 2.05) is 0 Å². The highest BCUT2D eigenvalue weighted by atomic mass is 32.1. The zero-order valence-corrected chi connectivity index (χ0v) is 7.24. The molecule has 0 unspecified atom stereocenters. The van der Waals surface area contributed by atoms with Gasteiger partial charge in [-0.05, 0) is 0 Å². The highest BCUT2D eigenvalue weighted by Gasteiger charge is 2.30. The fourth-order valence-electron chi connectivity index (χ4n) is 1.01. The van der Waals surface area contributed by atoms with Crippen molar-refractivity contribution in [1.82, 2.24) is 0 Å². The maximum atomic E-state index is 10.3. The number of carbonyl (C=O) groups is 1. The molecule has 1 rings (SSSR count). The van der Waals surface area contributed by atoms with Crippen LogP contribution in [0.15, 0.2) is 0 Å². The number of primary amides is 1. The number of aliphatic hydroxyl groups excluding tert-OH is 1. The van der Waals surface area contributed by atoms with Crippen molar-refractivity contribution in [3.63, 3.8) is 0 Å². The molecule has 0 aliphatic carbocycles. The summed E-state index contributed by atoms with van der Waals surface area (Å²) < 4.78 is 9.51. The lowest BCUT2D eigenvalue weighted by Crippen LogP contribution is -2.42. The van der Waals surface area contributed by atoms with E-state index in [1.165, 1.54) is 0 Å². The Morgan fingerprint density at radius 3 is 2.92 bits per heavy atom. The lowest BCUT2D eigenvalue weighted by molar-refractivity contribution is -0.152. The van der Waals surface area contributed by atoms with Gasteiger partial charge in [-0.25, -0.2) is 4.79 Å². The standard InChI is InChI=1S/C6H11NO4S/c7-6(9)11-3-2-10-5(8)1-4(3)12/h3-5,8,12H,1-2H2,(H2,7,9)/t3-,4+,5-/m1/s1. The van der Waals surface area contributed by atoms with Gasteiger partial charge in [-0.2, -0.15) is 12.6 Å². The molecule has 3 N–H and O–H groups in total. The molecule has 0 spiro atoms. The summed E-state index contributed by atoms with van der Waals surface area (Å²) in [6, 6.07) is 0. The van der Waals surface area contributed by atoms with Crippen LogP contribution in [-0.4, -0.2) is 35.5 Å². The highest BCUT2D eigenvalue weighted by molar-refractivity contribution is 7.81. The van der Waals surface area contributed by atoms with Crippen molar-refractivity contribution >= 4 is 18.7 Å². The van der Waals surface area contributed by atoms with E-state index in [1.54, 1.807) is 0 Å². The van der Waals surface area contributed by atoms with E-state index in [0.29, 0.717) is 6.42 Å². The van der Waals surface area contributed by atoms with Crippen molar-refractivity contribution < 1.29 is 19.4 Å². The first-order valence-electron chi connectivity index (χ1n) is 3.53. The van der Waals surface area contributed by atoms with Crippen LogP contribution >= 0.6 is 12.6 Å². The molecular formula is C6H11NO4S. The molecule has 0 saturated carbocycles. The molecule has 0 aromatic carbocycles. The van der Waals surface area contributed by atoms with Crippen LogP contribution < -0.4 is 5.73 Å². The molecule has 6 heteroatoms. The van der Waals surface area contributed by atoms with Crippen LogP contribution in [0.1, 0.15) is 6.42 Å². The largest absolute Gasteiger partial charge is 0.443 e. The lowest BCUT2D eigenvalue weighted by atomic mass is 10.1. The Balaban J connectivity index is 2.39. The topological polar surface area (TPSA) is 81.8 Å².